The number of thioether (sulfide) groups is 1. The Morgan fingerprint density at radius 1 is 1.18 bits per heavy atom. The Bertz CT molecular complexity index is 678. The smallest absolute Gasteiger partial charge is 0.234 e. The summed E-state index contributed by atoms with van der Waals surface area (Å²) in [4.78, 5) is 11.9. The number of amides is 1. The lowest BCUT2D eigenvalue weighted by Gasteiger charge is -2.06. The van der Waals surface area contributed by atoms with Crippen molar-refractivity contribution in [1.29, 1.82) is 5.26 Å². The summed E-state index contributed by atoms with van der Waals surface area (Å²) >= 11 is 1.52. The largest absolute Gasteiger partial charge is 0.392 e. The fourth-order valence-electron chi connectivity index (χ4n) is 1.87. The standard InChI is InChI=1S/C17H16N2O2S/c18-9-15-2-1-3-16(8-15)19-17(21)12-22-11-14-6-4-13(10-20)5-7-14/h1-8,20H,10-12H2,(H,19,21). The van der Waals surface area contributed by atoms with Gasteiger partial charge in [0.15, 0.2) is 0 Å². The zero-order valence-corrected chi connectivity index (χ0v) is 12.8. The van der Waals surface area contributed by atoms with E-state index >= 15 is 0 Å². The van der Waals surface area contributed by atoms with Crippen LogP contribution >= 0.6 is 11.8 Å². The molecule has 2 aromatic carbocycles. The number of anilines is 1. The van der Waals surface area contributed by atoms with Gasteiger partial charge in [0.05, 0.1) is 24.0 Å². The highest BCUT2D eigenvalue weighted by atomic mass is 32.2. The molecule has 0 spiro atoms. The van der Waals surface area contributed by atoms with E-state index < -0.39 is 0 Å². The van der Waals surface area contributed by atoms with Crippen LogP contribution in [0.25, 0.3) is 0 Å². The van der Waals surface area contributed by atoms with E-state index in [1.807, 2.05) is 30.3 Å². The molecule has 0 aliphatic carbocycles. The van der Waals surface area contributed by atoms with E-state index in [-0.39, 0.29) is 12.5 Å². The molecule has 0 atom stereocenters. The molecule has 0 bridgehead atoms. The molecule has 5 heteroatoms. The topological polar surface area (TPSA) is 73.1 Å². The minimum Gasteiger partial charge on any atom is -0.392 e. The van der Waals surface area contributed by atoms with Crippen molar-refractivity contribution in [3.8, 4) is 6.07 Å². The highest BCUT2D eigenvalue weighted by Crippen LogP contribution is 2.15. The lowest BCUT2D eigenvalue weighted by atomic mass is 10.2. The minimum absolute atomic E-state index is 0.0393. The summed E-state index contributed by atoms with van der Waals surface area (Å²) in [7, 11) is 0. The van der Waals surface area contributed by atoms with Crippen molar-refractivity contribution in [1.82, 2.24) is 0 Å². The molecule has 0 fully saturated rings. The van der Waals surface area contributed by atoms with Gasteiger partial charge in [0.25, 0.3) is 0 Å². The van der Waals surface area contributed by atoms with Crippen LogP contribution in [0, 0.1) is 11.3 Å². The molecule has 1 amide bonds. The SMILES string of the molecule is N#Cc1cccc(NC(=O)CSCc2ccc(CO)cc2)c1. The van der Waals surface area contributed by atoms with E-state index in [0.29, 0.717) is 17.0 Å². The van der Waals surface area contributed by atoms with Gasteiger partial charge in [-0.1, -0.05) is 30.3 Å². The zero-order chi connectivity index (χ0) is 15.8. The summed E-state index contributed by atoms with van der Waals surface area (Å²) in [6, 6.07) is 16.5. The quantitative estimate of drug-likeness (QED) is 0.860. The molecule has 0 aliphatic rings. The first-order chi connectivity index (χ1) is 10.7. The van der Waals surface area contributed by atoms with E-state index in [9.17, 15) is 4.79 Å². The van der Waals surface area contributed by atoms with Crippen LogP contribution in [0.15, 0.2) is 48.5 Å². The number of nitrogens with zero attached hydrogens (tertiary/aromatic N) is 1. The van der Waals surface area contributed by atoms with E-state index in [2.05, 4.69) is 5.32 Å². The summed E-state index contributed by atoms with van der Waals surface area (Å²) < 4.78 is 0. The second kappa shape index (κ2) is 8.23. The van der Waals surface area contributed by atoms with Crippen LogP contribution in [-0.2, 0) is 17.2 Å². The molecule has 112 valence electrons. The second-order valence-corrected chi connectivity index (χ2v) is 5.69. The Balaban J connectivity index is 1.78. The lowest BCUT2D eigenvalue weighted by molar-refractivity contribution is -0.113. The predicted molar refractivity (Wildman–Crippen MR) is 88.3 cm³/mol. The highest BCUT2D eigenvalue weighted by Gasteiger charge is 2.04. The molecule has 0 aromatic heterocycles. The Hall–Kier alpha value is -2.29. The third-order valence-electron chi connectivity index (χ3n) is 2.98. The molecule has 2 rings (SSSR count). The van der Waals surface area contributed by atoms with E-state index in [4.69, 9.17) is 10.4 Å². The summed E-state index contributed by atoms with van der Waals surface area (Å²) in [6.45, 7) is 0.0393. The highest BCUT2D eigenvalue weighted by molar-refractivity contribution is 7.99. The average molecular weight is 312 g/mol. The fraction of sp³-hybridized carbons (Fsp3) is 0.176. The van der Waals surface area contributed by atoms with Crippen molar-refractivity contribution in [2.75, 3.05) is 11.1 Å². The maximum atomic E-state index is 11.9. The average Bonchev–Trinajstić information content (AvgIpc) is 2.55. The molecule has 2 aromatic rings. The molecule has 4 nitrogen and oxygen atoms in total. The third kappa shape index (κ3) is 4.92. The Morgan fingerprint density at radius 3 is 2.59 bits per heavy atom. The number of hydrogen-bond acceptors (Lipinski definition) is 4. The van der Waals surface area contributed by atoms with Gasteiger partial charge >= 0.3 is 0 Å². The van der Waals surface area contributed by atoms with Gasteiger partial charge in [-0.25, -0.2) is 0 Å². The van der Waals surface area contributed by atoms with Crippen molar-refractivity contribution < 1.29 is 9.90 Å². The van der Waals surface area contributed by atoms with Crippen molar-refractivity contribution in [3.05, 3.63) is 65.2 Å². The maximum absolute atomic E-state index is 11.9. The summed E-state index contributed by atoms with van der Waals surface area (Å²) in [5.74, 6) is 0.989. The van der Waals surface area contributed by atoms with Gasteiger partial charge in [-0.2, -0.15) is 5.26 Å². The Labute approximate surface area is 133 Å². The molecule has 0 radical (unpaired) electrons. The summed E-state index contributed by atoms with van der Waals surface area (Å²) in [5, 5.41) is 20.6. The maximum Gasteiger partial charge on any atom is 0.234 e. The number of nitrogens with one attached hydrogen (secondary N) is 1. The number of benzene rings is 2. The monoisotopic (exact) mass is 312 g/mol. The first-order valence-electron chi connectivity index (χ1n) is 6.77. The van der Waals surface area contributed by atoms with Crippen LogP contribution in [0.3, 0.4) is 0 Å². The number of aliphatic hydroxyl groups is 1. The van der Waals surface area contributed by atoms with Crippen LogP contribution in [0.5, 0.6) is 0 Å². The number of carbonyl (C=O) groups excluding carboxylic acids is 1. The van der Waals surface area contributed by atoms with Crippen LogP contribution < -0.4 is 5.32 Å². The molecule has 0 aliphatic heterocycles. The van der Waals surface area contributed by atoms with Crippen molar-refractivity contribution in [3.63, 3.8) is 0 Å². The molecule has 22 heavy (non-hydrogen) atoms. The van der Waals surface area contributed by atoms with Gasteiger partial charge in [0.1, 0.15) is 0 Å². The Kier molecular flexibility index (Phi) is 6.01. The van der Waals surface area contributed by atoms with Gasteiger partial charge in [-0.3, -0.25) is 4.79 Å². The van der Waals surface area contributed by atoms with Crippen molar-refractivity contribution in [2.24, 2.45) is 0 Å². The van der Waals surface area contributed by atoms with E-state index in [1.54, 1.807) is 24.3 Å². The number of rotatable bonds is 6. The van der Waals surface area contributed by atoms with Crippen molar-refractivity contribution in [2.45, 2.75) is 12.4 Å². The van der Waals surface area contributed by atoms with Gasteiger partial charge in [-0.15, -0.1) is 11.8 Å². The normalized spacial score (nSPS) is 10.0. The number of carbonyl (C=O) groups is 1. The van der Waals surface area contributed by atoms with Gasteiger partial charge < -0.3 is 10.4 Å². The van der Waals surface area contributed by atoms with E-state index in [1.165, 1.54) is 11.8 Å². The fourth-order valence-corrected chi connectivity index (χ4v) is 2.65. The molecular weight excluding hydrogens is 296 g/mol. The molecule has 0 unspecified atom stereocenters. The lowest BCUT2D eigenvalue weighted by Crippen LogP contribution is -2.14. The van der Waals surface area contributed by atoms with Crippen LogP contribution in [-0.4, -0.2) is 16.8 Å². The van der Waals surface area contributed by atoms with Gasteiger partial charge in [0, 0.05) is 11.4 Å². The molecule has 0 saturated heterocycles. The van der Waals surface area contributed by atoms with E-state index in [0.717, 1.165) is 16.9 Å². The summed E-state index contributed by atoms with van der Waals surface area (Å²) in [6.07, 6.45) is 0. The zero-order valence-electron chi connectivity index (χ0n) is 12.0. The first-order valence-corrected chi connectivity index (χ1v) is 7.93. The van der Waals surface area contributed by atoms with Crippen LogP contribution in [0.1, 0.15) is 16.7 Å². The minimum atomic E-state index is -0.0907. The molecule has 2 N–H and O–H groups in total. The Morgan fingerprint density at radius 2 is 1.91 bits per heavy atom. The summed E-state index contributed by atoms with van der Waals surface area (Å²) in [5.41, 5.74) is 3.15. The van der Waals surface area contributed by atoms with Crippen LogP contribution in [0.2, 0.25) is 0 Å². The molecule has 0 saturated carbocycles. The number of hydrogen-bond donors (Lipinski definition) is 2. The molecule has 0 heterocycles. The van der Waals surface area contributed by atoms with Gasteiger partial charge in [0.2, 0.25) is 5.91 Å². The van der Waals surface area contributed by atoms with Gasteiger partial charge in [-0.05, 0) is 29.3 Å². The molecular formula is C17H16N2O2S. The van der Waals surface area contributed by atoms with Crippen LogP contribution in [0.4, 0.5) is 5.69 Å². The number of aliphatic hydroxyl groups excluding tert-OH is 1. The predicted octanol–water partition coefficient (Wildman–Crippen LogP) is 2.92. The number of nitriles is 1. The first kappa shape index (κ1) is 16.1. The third-order valence-corrected chi connectivity index (χ3v) is 3.99. The van der Waals surface area contributed by atoms with Crippen molar-refractivity contribution >= 4 is 23.4 Å². The second-order valence-electron chi connectivity index (χ2n) is 4.71.